The van der Waals surface area contributed by atoms with Crippen LogP contribution in [0.15, 0.2) is 29.5 Å². The zero-order valence-corrected chi connectivity index (χ0v) is 13.9. The molecule has 0 saturated carbocycles. The molecule has 0 saturated heterocycles. The minimum absolute atomic E-state index is 0.0853. The number of ketones is 1. The zero-order valence-electron chi connectivity index (χ0n) is 13.9. The highest BCUT2D eigenvalue weighted by molar-refractivity contribution is 6.00. The molecule has 1 aliphatic carbocycles. The standard InChI is InChI=1S/C17H17N5O3/c1-17(2)6-10-14(11(23)7-17)15(22-16(18-10)19-20-21-22)9-3-4-12-13(5-9)25-8-24-12/h3-5,15H,6-8H2,1-2H3,(H,18,19,21)/t15-/m0/s1. The van der Waals surface area contributed by atoms with Crippen molar-refractivity contribution >= 4 is 11.7 Å². The fraction of sp³-hybridized carbons (Fsp3) is 0.412. The summed E-state index contributed by atoms with van der Waals surface area (Å²) >= 11 is 0. The average molecular weight is 339 g/mol. The van der Waals surface area contributed by atoms with Crippen LogP contribution >= 0.6 is 0 Å². The van der Waals surface area contributed by atoms with Crippen molar-refractivity contribution in [2.75, 3.05) is 12.1 Å². The number of ether oxygens (including phenoxy) is 2. The van der Waals surface area contributed by atoms with E-state index in [0.717, 1.165) is 23.3 Å². The number of aromatic nitrogens is 4. The van der Waals surface area contributed by atoms with Crippen LogP contribution in [0.3, 0.4) is 0 Å². The summed E-state index contributed by atoms with van der Waals surface area (Å²) in [5, 5.41) is 15.2. The summed E-state index contributed by atoms with van der Waals surface area (Å²) in [6.45, 7) is 4.41. The second-order valence-corrected chi connectivity index (χ2v) is 7.42. The molecule has 0 amide bonds. The second kappa shape index (κ2) is 4.81. The number of nitrogens with zero attached hydrogens (tertiary/aromatic N) is 4. The van der Waals surface area contributed by atoms with Gasteiger partial charge in [0.2, 0.25) is 12.7 Å². The fourth-order valence-electron chi connectivity index (χ4n) is 3.86. The molecule has 1 atom stereocenters. The molecule has 8 nitrogen and oxygen atoms in total. The lowest BCUT2D eigenvalue weighted by atomic mass is 9.73. The van der Waals surface area contributed by atoms with Gasteiger partial charge in [0.25, 0.3) is 0 Å². The van der Waals surface area contributed by atoms with E-state index in [4.69, 9.17) is 9.47 Å². The number of carbonyl (C=O) groups is 1. The highest BCUT2D eigenvalue weighted by Gasteiger charge is 2.42. The van der Waals surface area contributed by atoms with E-state index in [1.807, 2.05) is 18.2 Å². The number of carbonyl (C=O) groups excluding carboxylic acids is 1. The summed E-state index contributed by atoms with van der Waals surface area (Å²) in [6.07, 6.45) is 1.29. The van der Waals surface area contributed by atoms with Gasteiger partial charge in [0.15, 0.2) is 17.3 Å². The van der Waals surface area contributed by atoms with E-state index in [2.05, 4.69) is 34.7 Å². The Morgan fingerprint density at radius 2 is 2.08 bits per heavy atom. The fourth-order valence-corrected chi connectivity index (χ4v) is 3.86. The number of anilines is 1. The summed E-state index contributed by atoms with van der Waals surface area (Å²) in [5.74, 6) is 2.06. The Labute approximate surface area is 143 Å². The van der Waals surface area contributed by atoms with Gasteiger partial charge in [-0.1, -0.05) is 25.0 Å². The van der Waals surface area contributed by atoms with Crippen LogP contribution in [-0.2, 0) is 4.79 Å². The summed E-state index contributed by atoms with van der Waals surface area (Å²) in [4.78, 5) is 13.0. The largest absolute Gasteiger partial charge is 0.454 e. The van der Waals surface area contributed by atoms with Crippen molar-refractivity contribution in [3.8, 4) is 11.5 Å². The van der Waals surface area contributed by atoms with Gasteiger partial charge in [-0.15, -0.1) is 0 Å². The molecule has 1 aromatic carbocycles. The van der Waals surface area contributed by atoms with Gasteiger partial charge >= 0.3 is 0 Å². The highest BCUT2D eigenvalue weighted by atomic mass is 16.7. The van der Waals surface area contributed by atoms with Gasteiger partial charge < -0.3 is 14.8 Å². The predicted octanol–water partition coefficient (Wildman–Crippen LogP) is 2.06. The van der Waals surface area contributed by atoms with Gasteiger partial charge in [0.1, 0.15) is 6.04 Å². The van der Waals surface area contributed by atoms with Gasteiger partial charge in [-0.25, -0.2) is 0 Å². The Morgan fingerprint density at radius 1 is 1.24 bits per heavy atom. The molecule has 2 aromatic rings. The molecule has 8 heteroatoms. The molecule has 3 aliphatic rings. The first kappa shape index (κ1) is 14.4. The van der Waals surface area contributed by atoms with Crippen molar-refractivity contribution in [1.82, 2.24) is 20.2 Å². The monoisotopic (exact) mass is 339 g/mol. The lowest BCUT2D eigenvalue weighted by molar-refractivity contribution is -0.118. The molecule has 25 heavy (non-hydrogen) atoms. The van der Waals surface area contributed by atoms with Crippen molar-refractivity contribution in [1.29, 1.82) is 0 Å². The Morgan fingerprint density at radius 3 is 2.96 bits per heavy atom. The number of benzene rings is 1. The molecule has 0 fully saturated rings. The van der Waals surface area contributed by atoms with Crippen molar-refractivity contribution < 1.29 is 14.3 Å². The van der Waals surface area contributed by atoms with Crippen LogP contribution in [0.25, 0.3) is 0 Å². The van der Waals surface area contributed by atoms with Crippen molar-refractivity contribution in [2.45, 2.75) is 32.7 Å². The van der Waals surface area contributed by atoms with Crippen molar-refractivity contribution in [3.05, 3.63) is 35.0 Å². The molecule has 0 bridgehead atoms. The quantitative estimate of drug-likeness (QED) is 0.850. The third-order valence-corrected chi connectivity index (χ3v) is 4.91. The molecule has 3 heterocycles. The summed E-state index contributed by atoms with van der Waals surface area (Å²) < 4.78 is 12.5. The number of nitrogens with one attached hydrogen (secondary N) is 1. The molecule has 1 aromatic heterocycles. The lowest BCUT2D eigenvalue weighted by Crippen LogP contribution is -2.36. The smallest absolute Gasteiger partial charge is 0.248 e. The molecule has 0 radical (unpaired) electrons. The lowest BCUT2D eigenvalue weighted by Gasteiger charge is -2.37. The minimum Gasteiger partial charge on any atom is -0.454 e. The van der Waals surface area contributed by atoms with Crippen LogP contribution in [0.4, 0.5) is 5.95 Å². The van der Waals surface area contributed by atoms with Crippen LogP contribution in [-0.4, -0.2) is 32.8 Å². The van der Waals surface area contributed by atoms with E-state index >= 15 is 0 Å². The highest BCUT2D eigenvalue weighted by Crippen LogP contribution is 2.46. The summed E-state index contributed by atoms with van der Waals surface area (Å²) in [6, 6.07) is 5.34. The topological polar surface area (TPSA) is 91.2 Å². The minimum atomic E-state index is -0.362. The summed E-state index contributed by atoms with van der Waals surface area (Å²) in [5.41, 5.74) is 2.46. The number of fused-ring (bicyclic) bond motifs is 2. The molecular formula is C17H17N5O3. The second-order valence-electron chi connectivity index (χ2n) is 7.42. The zero-order chi connectivity index (χ0) is 17.2. The van der Waals surface area contributed by atoms with Crippen LogP contribution < -0.4 is 14.8 Å². The van der Waals surface area contributed by atoms with Crippen LogP contribution in [0.2, 0.25) is 0 Å². The van der Waals surface area contributed by atoms with Gasteiger partial charge in [-0.3, -0.25) is 4.79 Å². The number of hydrogen-bond donors (Lipinski definition) is 1. The van der Waals surface area contributed by atoms with Gasteiger partial charge in [0, 0.05) is 17.7 Å². The first-order valence-electron chi connectivity index (χ1n) is 8.22. The molecule has 128 valence electrons. The SMILES string of the molecule is CC1(C)CC(=O)C2=C(C1)Nc1nnnn1[C@H]2c1ccc2c(c1)OCO2. The number of hydrogen-bond acceptors (Lipinski definition) is 7. The summed E-state index contributed by atoms with van der Waals surface area (Å²) in [7, 11) is 0. The number of rotatable bonds is 1. The predicted molar refractivity (Wildman–Crippen MR) is 87.2 cm³/mol. The molecule has 0 unspecified atom stereocenters. The van der Waals surface area contributed by atoms with Crippen molar-refractivity contribution in [2.24, 2.45) is 5.41 Å². The Kier molecular flexibility index (Phi) is 2.78. The number of allylic oxidation sites excluding steroid dienone is 2. The first-order valence-corrected chi connectivity index (χ1v) is 8.22. The van der Waals surface area contributed by atoms with Crippen molar-refractivity contribution in [3.63, 3.8) is 0 Å². The maximum Gasteiger partial charge on any atom is 0.248 e. The average Bonchev–Trinajstić information content (AvgIpc) is 3.19. The van der Waals surface area contributed by atoms with E-state index in [0.29, 0.717) is 23.9 Å². The molecule has 1 N–H and O–H groups in total. The van der Waals surface area contributed by atoms with Gasteiger partial charge in [-0.05, 0) is 40.0 Å². The molecular weight excluding hydrogens is 322 g/mol. The van der Waals surface area contributed by atoms with E-state index in [1.54, 1.807) is 4.68 Å². The maximum absolute atomic E-state index is 13.0. The third-order valence-electron chi connectivity index (χ3n) is 4.91. The molecule has 2 aliphatic heterocycles. The van der Waals surface area contributed by atoms with E-state index in [-0.39, 0.29) is 24.0 Å². The van der Waals surface area contributed by atoms with Crippen LogP contribution in [0.1, 0.15) is 38.3 Å². The van der Waals surface area contributed by atoms with E-state index in [9.17, 15) is 4.79 Å². The Balaban J connectivity index is 1.68. The Bertz CT molecular complexity index is 930. The van der Waals surface area contributed by atoms with E-state index in [1.165, 1.54) is 0 Å². The van der Waals surface area contributed by atoms with Gasteiger partial charge in [-0.2, -0.15) is 4.68 Å². The van der Waals surface area contributed by atoms with Crippen LogP contribution in [0.5, 0.6) is 11.5 Å². The number of tetrazole rings is 1. The van der Waals surface area contributed by atoms with E-state index < -0.39 is 0 Å². The third kappa shape index (κ3) is 2.13. The van der Waals surface area contributed by atoms with Crippen LogP contribution in [0, 0.1) is 5.41 Å². The molecule has 0 spiro atoms. The normalized spacial score (nSPS) is 23.1. The maximum atomic E-state index is 13.0. The molecule has 5 rings (SSSR count). The van der Waals surface area contributed by atoms with Gasteiger partial charge in [0.05, 0.1) is 0 Å². The first-order chi connectivity index (χ1) is 12.0. The number of Topliss-reactive ketones (excluding diaryl/α,β-unsaturated/α-hetero) is 1. The Hall–Kier alpha value is -2.90.